The van der Waals surface area contributed by atoms with E-state index in [1.165, 1.54) is 69.7 Å². The minimum absolute atomic E-state index is 0.373. The number of aliphatic imine (C=N–C) groups is 1. The zero-order valence-electron chi connectivity index (χ0n) is 14.7. The van der Waals surface area contributed by atoms with Gasteiger partial charge in [0.25, 0.3) is 0 Å². The first-order valence-electron chi connectivity index (χ1n) is 10.1. The van der Waals surface area contributed by atoms with Gasteiger partial charge in [0.1, 0.15) is 5.84 Å². The maximum Gasteiger partial charge on any atom is 0.102 e. The number of hydrogen-bond donors (Lipinski definition) is 0. The van der Waals surface area contributed by atoms with Crippen LogP contribution in [0.4, 0.5) is 0 Å². The molecular weight excluding hydrogens is 296 g/mol. The highest BCUT2D eigenvalue weighted by atomic mass is 15.3. The first-order valence-corrected chi connectivity index (χ1v) is 10.1. The van der Waals surface area contributed by atoms with Crippen LogP contribution in [0.5, 0.6) is 0 Å². The van der Waals surface area contributed by atoms with Gasteiger partial charge in [-0.25, -0.2) is 0 Å². The van der Waals surface area contributed by atoms with Crippen molar-refractivity contribution in [3.05, 3.63) is 23.8 Å². The van der Waals surface area contributed by atoms with Crippen LogP contribution in [0.15, 0.2) is 28.8 Å². The van der Waals surface area contributed by atoms with Crippen LogP contribution in [-0.4, -0.2) is 77.9 Å². The molecular formula is C20H30N4. The Morgan fingerprint density at radius 2 is 1.88 bits per heavy atom. The third kappa shape index (κ3) is 2.74. The molecule has 4 heteroatoms. The number of nitrogens with zero attached hydrogens (tertiary/aromatic N) is 4. The van der Waals surface area contributed by atoms with Crippen LogP contribution in [-0.2, 0) is 0 Å². The van der Waals surface area contributed by atoms with Gasteiger partial charge >= 0.3 is 0 Å². The summed E-state index contributed by atoms with van der Waals surface area (Å²) >= 11 is 0. The Balaban J connectivity index is 1.28. The van der Waals surface area contributed by atoms with Gasteiger partial charge in [-0.3, -0.25) is 14.8 Å². The van der Waals surface area contributed by atoms with E-state index < -0.39 is 0 Å². The van der Waals surface area contributed by atoms with Gasteiger partial charge in [-0.15, -0.1) is 0 Å². The SMILES string of the molecule is C1=CC2N=C3CCN(C4CCC4)CCN3C2C=C1CN1CCCC1. The normalized spacial score (nSPS) is 34.4. The second-order valence-corrected chi connectivity index (χ2v) is 8.17. The van der Waals surface area contributed by atoms with E-state index in [-0.39, 0.29) is 0 Å². The van der Waals surface area contributed by atoms with Gasteiger partial charge in [0.05, 0.1) is 12.1 Å². The summed E-state index contributed by atoms with van der Waals surface area (Å²) in [4.78, 5) is 13.0. The molecule has 1 saturated carbocycles. The van der Waals surface area contributed by atoms with Crippen molar-refractivity contribution in [1.29, 1.82) is 0 Å². The van der Waals surface area contributed by atoms with E-state index in [0.717, 1.165) is 25.6 Å². The average Bonchev–Trinajstić information content (AvgIpc) is 3.11. The van der Waals surface area contributed by atoms with Crippen molar-refractivity contribution in [2.75, 3.05) is 39.3 Å². The lowest BCUT2D eigenvalue weighted by Gasteiger charge is -2.37. The van der Waals surface area contributed by atoms with E-state index in [1.54, 1.807) is 0 Å². The Morgan fingerprint density at radius 3 is 2.67 bits per heavy atom. The molecule has 3 aliphatic heterocycles. The molecule has 2 aliphatic carbocycles. The third-order valence-electron chi connectivity index (χ3n) is 6.68. The summed E-state index contributed by atoms with van der Waals surface area (Å²) in [5.74, 6) is 1.37. The second kappa shape index (κ2) is 6.30. The summed E-state index contributed by atoms with van der Waals surface area (Å²) in [6.45, 7) is 7.30. The smallest absolute Gasteiger partial charge is 0.102 e. The highest BCUT2D eigenvalue weighted by Crippen LogP contribution is 2.31. The highest BCUT2D eigenvalue weighted by molar-refractivity contribution is 5.86. The fourth-order valence-corrected chi connectivity index (χ4v) is 5.02. The Labute approximate surface area is 145 Å². The molecule has 0 bridgehead atoms. The number of rotatable bonds is 3. The Morgan fingerprint density at radius 1 is 1.00 bits per heavy atom. The third-order valence-corrected chi connectivity index (χ3v) is 6.68. The van der Waals surface area contributed by atoms with Crippen molar-refractivity contribution in [2.45, 2.75) is 56.7 Å². The van der Waals surface area contributed by atoms with Gasteiger partial charge in [-0.2, -0.15) is 0 Å². The molecule has 0 amide bonds. The largest absolute Gasteiger partial charge is 0.350 e. The van der Waals surface area contributed by atoms with Crippen LogP contribution in [0.25, 0.3) is 0 Å². The fourth-order valence-electron chi connectivity index (χ4n) is 5.02. The molecule has 3 fully saturated rings. The standard InChI is InChI=1S/C20H30N4/c1-2-10-22(9-1)15-16-6-7-18-19(14-16)24-13-12-23(17-4-3-5-17)11-8-20(24)21-18/h6-7,14,17-19H,1-5,8-13,15H2. The Hall–Kier alpha value is -1.13. The van der Waals surface area contributed by atoms with Gasteiger partial charge in [0.2, 0.25) is 0 Å². The lowest BCUT2D eigenvalue weighted by molar-refractivity contribution is 0.129. The minimum atomic E-state index is 0.373. The zero-order valence-corrected chi connectivity index (χ0v) is 14.7. The molecule has 0 aromatic rings. The molecule has 0 spiro atoms. The molecule has 2 saturated heterocycles. The summed E-state index contributed by atoms with van der Waals surface area (Å²) < 4.78 is 0. The molecule has 0 radical (unpaired) electrons. The molecule has 5 aliphatic rings. The molecule has 5 rings (SSSR count). The molecule has 0 N–H and O–H groups in total. The molecule has 2 unspecified atom stereocenters. The summed E-state index contributed by atoms with van der Waals surface area (Å²) in [6, 6.07) is 1.73. The lowest BCUT2D eigenvalue weighted by Crippen LogP contribution is -2.44. The summed E-state index contributed by atoms with van der Waals surface area (Å²) in [6.07, 6.45) is 15.4. The molecule has 2 atom stereocenters. The lowest BCUT2D eigenvalue weighted by atomic mass is 9.91. The van der Waals surface area contributed by atoms with Crippen LogP contribution in [0.3, 0.4) is 0 Å². The van der Waals surface area contributed by atoms with Crippen molar-refractivity contribution in [2.24, 2.45) is 4.99 Å². The summed E-state index contributed by atoms with van der Waals surface area (Å²) in [5, 5.41) is 0. The zero-order chi connectivity index (χ0) is 15.9. The molecule has 0 aromatic carbocycles. The fraction of sp³-hybridized carbons (Fsp3) is 0.750. The second-order valence-electron chi connectivity index (χ2n) is 8.17. The van der Waals surface area contributed by atoms with Gasteiger partial charge in [0, 0.05) is 38.6 Å². The van der Waals surface area contributed by atoms with Crippen LogP contribution in [0, 0.1) is 0 Å². The van der Waals surface area contributed by atoms with Crippen LogP contribution in [0.1, 0.15) is 38.5 Å². The van der Waals surface area contributed by atoms with Gasteiger partial charge in [-0.05, 0) is 44.3 Å². The van der Waals surface area contributed by atoms with E-state index >= 15 is 0 Å². The Kier molecular flexibility index (Phi) is 3.98. The molecule has 0 aromatic heterocycles. The van der Waals surface area contributed by atoms with Gasteiger partial charge in [-0.1, -0.05) is 24.6 Å². The molecule has 3 heterocycles. The molecule has 24 heavy (non-hydrogen) atoms. The first-order chi connectivity index (χ1) is 11.9. The van der Waals surface area contributed by atoms with Crippen molar-refractivity contribution < 1.29 is 0 Å². The van der Waals surface area contributed by atoms with E-state index in [4.69, 9.17) is 4.99 Å². The van der Waals surface area contributed by atoms with Crippen molar-refractivity contribution in [3.8, 4) is 0 Å². The van der Waals surface area contributed by atoms with Crippen LogP contribution in [0.2, 0.25) is 0 Å². The van der Waals surface area contributed by atoms with E-state index in [9.17, 15) is 0 Å². The monoisotopic (exact) mass is 326 g/mol. The average molecular weight is 326 g/mol. The van der Waals surface area contributed by atoms with Crippen LogP contribution < -0.4 is 0 Å². The summed E-state index contributed by atoms with van der Waals surface area (Å²) in [5.41, 5.74) is 1.51. The van der Waals surface area contributed by atoms with Gasteiger partial charge < -0.3 is 4.90 Å². The number of hydrogen-bond acceptors (Lipinski definition) is 4. The number of likely N-dealkylation sites (tertiary alicyclic amines) is 1. The summed E-state index contributed by atoms with van der Waals surface area (Å²) in [7, 11) is 0. The number of fused-ring (bicyclic) bond motifs is 3. The minimum Gasteiger partial charge on any atom is -0.350 e. The van der Waals surface area contributed by atoms with Gasteiger partial charge in [0.15, 0.2) is 0 Å². The highest BCUT2D eigenvalue weighted by Gasteiger charge is 2.37. The quantitative estimate of drug-likeness (QED) is 0.794. The first kappa shape index (κ1) is 15.2. The predicted molar refractivity (Wildman–Crippen MR) is 98.4 cm³/mol. The van der Waals surface area contributed by atoms with Crippen molar-refractivity contribution in [3.63, 3.8) is 0 Å². The van der Waals surface area contributed by atoms with Crippen LogP contribution >= 0.6 is 0 Å². The van der Waals surface area contributed by atoms with E-state index in [0.29, 0.717) is 12.1 Å². The maximum atomic E-state index is 5.07. The number of amidine groups is 1. The Bertz CT molecular complexity index is 568. The van der Waals surface area contributed by atoms with Crippen molar-refractivity contribution >= 4 is 5.84 Å². The van der Waals surface area contributed by atoms with E-state index in [1.807, 2.05) is 0 Å². The van der Waals surface area contributed by atoms with E-state index in [2.05, 4.69) is 32.9 Å². The van der Waals surface area contributed by atoms with Crippen molar-refractivity contribution in [1.82, 2.24) is 14.7 Å². The molecule has 130 valence electrons. The molecule has 4 nitrogen and oxygen atoms in total. The maximum absolute atomic E-state index is 5.07. The predicted octanol–water partition coefficient (Wildman–Crippen LogP) is 2.29. The topological polar surface area (TPSA) is 22.1 Å².